The largest absolute Gasteiger partial charge is 0.289 e. The summed E-state index contributed by atoms with van der Waals surface area (Å²) in [7, 11) is 0. The Labute approximate surface area is 122 Å². The smallest absolute Gasteiger partial charge is 0.261 e. The first-order valence-corrected chi connectivity index (χ1v) is 6.85. The molecular formula is C15H17FN4O. The molecule has 1 aromatic heterocycles. The average molecular weight is 288 g/mol. The Hall–Kier alpha value is -2.37. The van der Waals surface area contributed by atoms with Crippen molar-refractivity contribution in [2.45, 2.75) is 33.6 Å². The topological polar surface area (TPSA) is 67.8 Å². The fourth-order valence-electron chi connectivity index (χ4n) is 1.97. The predicted molar refractivity (Wildman–Crippen MR) is 77.7 cm³/mol. The maximum absolute atomic E-state index is 13.7. The van der Waals surface area contributed by atoms with E-state index in [2.05, 4.69) is 20.5 Å². The molecule has 5 nitrogen and oxygen atoms in total. The summed E-state index contributed by atoms with van der Waals surface area (Å²) < 4.78 is 13.7. The van der Waals surface area contributed by atoms with Gasteiger partial charge in [0.2, 0.25) is 5.95 Å². The van der Waals surface area contributed by atoms with Gasteiger partial charge in [-0.3, -0.25) is 10.1 Å². The van der Waals surface area contributed by atoms with Crippen LogP contribution in [0.1, 0.15) is 41.2 Å². The lowest BCUT2D eigenvalue weighted by Crippen LogP contribution is -2.17. The molecule has 0 fully saturated rings. The van der Waals surface area contributed by atoms with Crippen LogP contribution in [0.4, 0.5) is 10.3 Å². The van der Waals surface area contributed by atoms with Gasteiger partial charge in [0.15, 0.2) is 0 Å². The van der Waals surface area contributed by atoms with E-state index in [1.807, 2.05) is 13.8 Å². The maximum atomic E-state index is 13.7. The Balaban J connectivity index is 2.25. The number of benzene rings is 1. The minimum absolute atomic E-state index is 0.0313. The van der Waals surface area contributed by atoms with Gasteiger partial charge in [0.1, 0.15) is 5.82 Å². The minimum Gasteiger partial charge on any atom is -0.289 e. The van der Waals surface area contributed by atoms with Crippen molar-refractivity contribution in [1.29, 1.82) is 0 Å². The highest BCUT2D eigenvalue weighted by molar-refractivity contribution is 6.03. The summed E-state index contributed by atoms with van der Waals surface area (Å²) in [5.41, 5.74) is 2.36. The number of carbonyl (C=O) groups is 1. The molecule has 0 aliphatic carbocycles. The second-order valence-electron chi connectivity index (χ2n) is 4.67. The molecule has 2 rings (SSSR count). The number of aryl methyl sites for hydroxylation is 3. The number of amides is 1. The van der Waals surface area contributed by atoms with Gasteiger partial charge in [-0.2, -0.15) is 0 Å². The normalized spacial score (nSPS) is 10.5. The van der Waals surface area contributed by atoms with Gasteiger partial charge < -0.3 is 0 Å². The molecule has 0 atom stereocenters. The summed E-state index contributed by atoms with van der Waals surface area (Å²) in [6.07, 6.45) is 1.42. The molecule has 0 unspecified atom stereocenters. The quantitative estimate of drug-likeness (QED) is 0.939. The van der Waals surface area contributed by atoms with Crippen molar-refractivity contribution >= 4 is 11.9 Å². The molecule has 0 spiro atoms. The summed E-state index contributed by atoms with van der Waals surface area (Å²) in [6, 6.07) is 4.36. The molecule has 0 saturated carbocycles. The van der Waals surface area contributed by atoms with Crippen LogP contribution in [0.15, 0.2) is 18.2 Å². The summed E-state index contributed by atoms with van der Waals surface area (Å²) in [5, 5.41) is 10.4. The number of nitrogens with zero attached hydrogens (tertiary/aromatic N) is 3. The second-order valence-corrected chi connectivity index (χ2v) is 4.67. The van der Waals surface area contributed by atoms with Crippen LogP contribution in [0.25, 0.3) is 0 Å². The fourth-order valence-corrected chi connectivity index (χ4v) is 1.97. The number of hydrogen-bond acceptors (Lipinski definition) is 4. The van der Waals surface area contributed by atoms with Crippen LogP contribution in [0.5, 0.6) is 0 Å². The van der Waals surface area contributed by atoms with E-state index in [4.69, 9.17) is 0 Å². The Morgan fingerprint density at radius 3 is 2.57 bits per heavy atom. The Bertz CT molecular complexity index is 673. The molecule has 0 aliphatic heterocycles. The number of halogens is 1. The number of carbonyl (C=O) groups excluding carboxylic acids is 1. The van der Waals surface area contributed by atoms with Gasteiger partial charge in [-0.05, 0) is 31.9 Å². The summed E-state index contributed by atoms with van der Waals surface area (Å²) in [5.74, 6) is -1.06. The number of anilines is 1. The molecule has 0 bridgehead atoms. The Morgan fingerprint density at radius 1 is 1.19 bits per heavy atom. The molecule has 0 aliphatic rings. The van der Waals surface area contributed by atoms with E-state index in [9.17, 15) is 9.18 Å². The zero-order valence-corrected chi connectivity index (χ0v) is 12.3. The standard InChI is InChI=1S/C15H17FN4O/c1-4-12-13(5-2)19-20-15(17-12)18-14(21)10-8-9(3)6-7-11(10)16/h6-8H,4-5H2,1-3H3,(H,17,18,20,21). The van der Waals surface area contributed by atoms with E-state index < -0.39 is 11.7 Å². The molecule has 0 saturated heterocycles. The lowest BCUT2D eigenvalue weighted by molar-refractivity contribution is 0.102. The fraction of sp³-hybridized carbons (Fsp3) is 0.333. The van der Waals surface area contributed by atoms with Crippen LogP contribution < -0.4 is 5.32 Å². The molecule has 1 amide bonds. The third kappa shape index (κ3) is 3.39. The van der Waals surface area contributed by atoms with Gasteiger partial charge in [-0.15, -0.1) is 10.2 Å². The predicted octanol–water partition coefficient (Wildman–Crippen LogP) is 2.70. The first-order valence-electron chi connectivity index (χ1n) is 6.85. The molecule has 1 N–H and O–H groups in total. The van der Waals surface area contributed by atoms with Crippen LogP contribution in [0.3, 0.4) is 0 Å². The van der Waals surface area contributed by atoms with Crippen molar-refractivity contribution in [3.8, 4) is 0 Å². The lowest BCUT2D eigenvalue weighted by atomic mass is 10.1. The Morgan fingerprint density at radius 2 is 1.90 bits per heavy atom. The van der Waals surface area contributed by atoms with Gasteiger partial charge in [0.05, 0.1) is 17.0 Å². The Kier molecular flexibility index (Phi) is 4.57. The number of aromatic nitrogens is 3. The van der Waals surface area contributed by atoms with E-state index in [-0.39, 0.29) is 11.5 Å². The number of nitrogens with one attached hydrogen (secondary N) is 1. The van der Waals surface area contributed by atoms with Crippen LogP contribution in [-0.4, -0.2) is 21.1 Å². The van der Waals surface area contributed by atoms with E-state index in [1.165, 1.54) is 12.1 Å². The molecule has 2 aromatic rings. The third-order valence-corrected chi connectivity index (χ3v) is 3.10. The molecule has 21 heavy (non-hydrogen) atoms. The zero-order chi connectivity index (χ0) is 15.4. The highest BCUT2D eigenvalue weighted by Crippen LogP contribution is 2.12. The van der Waals surface area contributed by atoms with E-state index in [0.29, 0.717) is 6.42 Å². The van der Waals surface area contributed by atoms with Crippen molar-refractivity contribution in [3.63, 3.8) is 0 Å². The highest BCUT2D eigenvalue weighted by atomic mass is 19.1. The lowest BCUT2D eigenvalue weighted by Gasteiger charge is -2.08. The average Bonchev–Trinajstić information content (AvgIpc) is 2.49. The first-order chi connectivity index (χ1) is 10.0. The second kappa shape index (κ2) is 6.39. The summed E-state index contributed by atoms with van der Waals surface area (Å²) in [4.78, 5) is 16.3. The van der Waals surface area contributed by atoms with E-state index >= 15 is 0 Å². The molecule has 1 heterocycles. The highest BCUT2D eigenvalue weighted by Gasteiger charge is 2.14. The summed E-state index contributed by atoms with van der Waals surface area (Å²) >= 11 is 0. The van der Waals surface area contributed by atoms with Gasteiger partial charge in [-0.1, -0.05) is 25.5 Å². The zero-order valence-electron chi connectivity index (χ0n) is 12.3. The van der Waals surface area contributed by atoms with Crippen LogP contribution >= 0.6 is 0 Å². The molecule has 110 valence electrons. The van der Waals surface area contributed by atoms with Crippen LogP contribution in [0.2, 0.25) is 0 Å². The molecule has 6 heteroatoms. The maximum Gasteiger partial charge on any atom is 0.261 e. The van der Waals surface area contributed by atoms with E-state index in [1.54, 1.807) is 13.0 Å². The van der Waals surface area contributed by atoms with Crippen molar-refractivity contribution in [2.24, 2.45) is 0 Å². The van der Waals surface area contributed by atoms with Gasteiger partial charge in [-0.25, -0.2) is 9.37 Å². The minimum atomic E-state index is -0.579. The first kappa shape index (κ1) is 15.0. The molecule has 1 aromatic carbocycles. The van der Waals surface area contributed by atoms with Crippen molar-refractivity contribution < 1.29 is 9.18 Å². The van der Waals surface area contributed by atoms with Gasteiger partial charge >= 0.3 is 0 Å². The van der Waals surface area contributed by atoms with Crippen molar-refractivity contribution in [3.05, 3.63) is 46.5 Å². The van der Waals surface area contributed by atoms with Crippen molar-refractivity contribution in [1.82, 2.24) is 15.2 Å². The van der Waals surface area contributed by atoms with Crippen LogP contribution in [0, 0.1) is 12.7 Å². The monoisotopic (exact) mass is 288 g/mol. The van der Waals surface area contributed by atoms with Crippen molar-refractivity contribution in [2.75, 3.05) is 5.32 Å². The molecular weight excluding hydrogens is 271 g/mol. The molecule has 0 radical (unpaired) electrons. The summed E-state index contributed by atoms with van der Waals surface area (Å²) in [6.45, 7) is 5.71. The van der Waals surface area contributed by atoms with Crippen LogP contribution in [-0.2, 0) is 12.8 Å². The SMILES string of the molecule is CCc1nnc(NC(=O)c2cc(C)ccc2F)nc1CC. The third-order valence-electron chi connectivity index (χ3n) is 3.10. The van der Waals surface area contributed by atoms with Gasteiger partial charge in [0.25, 0.3) is 5.91 Å². The number of rotatable bonds is 4. The number of hydrogen-bond donors (Lipinski definition) is 1. The van der Waals surface area contributed by atoms with Gasteiger partial charge in [0, 0.05) is 0 Å². The van der Waals surface area contributed by atoms with E-state index in [0.717, 1.165) is 23.4 Å².